The van der Waals surface area contributed by atoms with Crippen LogP contribution in [0.1, 0.15) is 45.2 Å². The molecule has 220 valence electrons. The topological polar surface area (TPSA) is 96.0 Å². The maximum atomic E-state index is 14.1. The molecule has 1 N–H and O–H groups in total. The molecule has 0 spiro atoms. The molecule has 10 heteroatoms. The predicted molar refractivity (Wildman–Crippen MR) is 165 cm³/mol. The van der Waals surface area contributed by atoms with Crippen LogP contribution in [0, 0.1) is 6.92 Å². The summed E-state index contributed by atoms with van der Waals surface area (Å²) in [6.07, 6.45) is 0.731. The van der Waals surface area contributed by atoms with Crippen LogP contribution < -0.4 is 14.4 Å². The highest BCUT2D eigenvalue weighted by molar-refractivity contribution is 9.10. The minimum atomic E-state index is -4.19. The number of carbonyl (C=O) groups excluding carboxylic acids is 2. The third kappa shape index (κ3) is 8.33. The molecule has 0 saturated carbocycles. The van der Waals surface area contributed by atoms with E-state index < -0.39 is 28.5 Å². The van der Waals surface area contributed by atoms with Crippen LogP contribution in [0.5, 0.6) is 5.75 Å². The fourth-order valence-electron chi connectivity index (χ4n) is 4.17. The van der Waals surface area contributed by atoms with Gasteiger partial charge in [0.1, 0.15) is 18.3 Å². The number of aryl methyl sites for hydroxylation is 1. The second-order valence-electron chi connectivity index (χ2n) is 9.87. The fraction of sp³-hybridized carbons (Fsp3) is 0.355. The predicted octanol–water partition coefficient (Wildman–Crippen LogP) is 5.68. The van der Waals surface area contributed by atoms with Gasteiger partial charge in [-0.05, 0) is 76.1 Å². The van der Waals surface area contributed by atoms with Gasteiger partial charge < -0.3 is 15.0 Å². The number of para-hydroxylation sites is 2. The van der Waals surface area contributed by atoms with Crippen LogP contribution in [0.25, 0.3) is 0 Å². The van der Waals surface area contributed by atoms with Gasteiger partial charge in [-0.3, -0.25) is 13.9 Å². The summed E-state index contributed by atoms with van der Waals surface area (Å²) in [5.41, 5.74) is 1.93. The number of amides is 2. The highest BCUT2D eigenvalue weighted by Crippen LogP contribution is 2.33. The first-order valence-electron chi connectivity index (χ1n) is 13.6. The molecule has 0 fully saturated rings. The molecule has 0 aromatic heterocycles. The number of halogens is 1. The maximum absolute atomic E-state index is 14.1. The first-order valence-corrected chi connectivity index (χ1v) is 15.9. The highest BCUT2D eigenvalue weighted by atomic mass is 79.9. The Balaban J connectivity index is 2.08. The molecule has 2 amide bonds. The van der Waals surface area contributed by atoms with E-state index in [1.165, 1.54) is 17.0 Å². The van der Waals surface area contributed by atoms with Crippen molar-refractivity contribution in [2.75, 3.05) is 17.5 Å². The number of ether oxygens (including phenoxy) is 1. The summed E-state index contributed by atoms with van der Waals surface area (Å²) in [4.78, 5) is 28.8. The molecule has 3 rings (SSSR count). The fourth-order valence-corrected chi connectivity index (χ4v) is 6.04. The number of sulfonamides is 1. The van der Waals surface area contributed by atoms with Crippen LogP contribution >= 0.6 is 15.9 Å². The summed E-state index contributed by atoms with van der Waals surface area (Å²) < 4.78 is 35.8. The molecule has 0 aliphatic rings. The van der Waals surface area contributed by atoms with E-state index in [9.17, 15) is 18.0 Å². The van der Waals surface area contributed by atoms with Gasteiger partial charge in [0, 0.05) is 17.1 Å². The van der Waals surface area contributed by atoms with Gasteiger partial charge in [0.25, 0.3) is 10.0 Å². The van der Waals surface area contributed by atoms with E-state index in [-0.39, 0.29) is 29.1 Å². The molecule has 0 aliphatic heterocycles. The van der Waals surface area contributed by atoms with E-state index in [0.29, 0.717) is 12.4 Å². The van der Waals surface area contributed by atoms with E-state index in [1.54, 1.807) is 50.2 Å². The molecule has 2 atom stereocenters. The minimum Gasteiger partial charge on any atom is -0.492 e. The number of rotatable bonds is 13. The van der Waals surface area contributed by atoms with Crippen molar-refractivity contribution in [2.45, 2.75) is 64.6 Å². The van der Waals surface area contributed by atoms with Crippen molar-refractivity contribution in [1.82, 2.24) is 10.2 Å². The van der Waals surface area contributed by atoms with E-state index >= 15 is 0 Å². The number of nitrogens with one attached hydrogen (secondary N) is 1. The molecule has 0 radical (unpaired) electrons. The first kappa shape index (κ1) is 32.1. The van der Waals surface area contributed by atoms with E-state index in [2.05, 4.69) is 21.2 Å². The first-order chi connectivity index (χ1) is 19.5. The summed E-state index contributed by atoms with van der Waals surface area (Å²) >= 11 is 3.46. The van der Waals surface area contributed by atoms with Crippen LogP contribution in [-0.4, -0.2) is 50.4 Å². The van der Waals surface area contributed by atoms with E-state index in [4.69, 9.17) is 4.74 Å². The van der Waals surface area contributed by atoms with E-state index in [0.717, 1.165) is 26.3 Å². The lowest BCUT2D eigenvalue weighted by Gasteiger charge is -2.33. The molecule has 0 aliphatic carbocycles. The zero-order chi connectivity index (χ0) is 30.2. The van der Waals surface area contributed by atoms with Gasteiger partial charge in [-0.25, -0.2) is 8.42 Å². The Morgan fingerprint density at radius 1 is 0.976 bits per heavy atom. The molecule has 0 heterocycles. The number of anilines is 1. The Morgan fingerprint density at radius 3 is 2.29 bits per heavy atom. The van der Waals surface area contributed by atoms with Crippen LogP contribution in [0.3, 0.4) is 0 Å². The Bertz CT molecular complexity index is 1450. The molecule has 0 saturated heterocycles. The van der Waals surface area contributed by atoms with Gasteiger partial charge in [0.05, 0.1) is 17.2 Å². The second kappa shape index (κ2) is 14.5. The number of hydrogen-bond acceptors (Lipinski definition) is 5. The van der Waals surface area contributed by atoms with Crippen molar-refractivity contribution in [3.8, 4) is 5.75 Å². The van der Waals surface area contributed by atoms with Gasteiger partial charge in [0.2, 0.25) is 11.8 Å². The van der Waals surface area contributed by atoms with Crippen molar-refractivity contribution >= 4 is 43.5 Å². The normalized spacial score (nSPS) is 12.7. The van der Waals surface area contributed by atoms with Gasteiger partial charge >= 0.3 is 0 Å². The van der Waals surface area contributed by atoms with Crippen LogP contribution in [0.2, 0.25) is 0 Å². The Kier molecular flexibility index (Phi) is 11.4. The third-order valence-corrected chi connectivity index (χ3v) is 9.00. The van der Waals surface area contributed by atoms with Crippen LogP contribution in [0.15, 0.2) is 82.2 Å². The summed E-state index contributed by atoms with van der Waals surface area (Å²) in [6, 6.07) is 19.7. The third-order valence-electron chi connectivity index (χ3n) is 6.73. The van der Waals surface area contributed by atoms with Crippen LogP contribution in [-0.2, 0) is 26.2 Å². The second-order valence-corrected chi connectivity index (χ2v) is 12.6. The zero-order valence-electron chi connectivity index (χ0n) is 24.1. The lowest BCUT2D eigenvalue weighted by molar-refractivity contribution is -0.139. The Labute approximate surface area is 251 Å². The molecule has 0 unspecified atom stereocenters. The summed E-state index contributed by atoms with van der Waals surface area (Å²) in [6.45, 7) is 9.07. The molecular formula is C31H38BrN3O5S. The SMILES string of the molecule is CCOc1ccccc1N(CC(=O)N(Cc1cccc(Br)c1)[C@@H](C)C(=O)N[C@H](C)CC)S(=O)(=O)c1ccc(C)cc1. The lowest BCUT2D eigenvalue weighted by Crippen LogP contribution is -2.52. The Hall–Kier alpha value is -3.37. The average Bonchev–Trinajstić information content (AvgIpc) is 2.95. The van der Waals surface area contributed by atoms with Gasteiger partial charge in [-0.2, -0.15) is 0 Å². The highest BCUT2D eigenvalue weighted by Gasteiger charge is 2.34. The van der Waals surface area contributed by atoms with Gasteiger partial charge in [0.15, 0.2) is 0 Å². The molecule has 41 heavy (non-hydrogen) atoms. The van der Waals surface area contributed by atoms with Gasteiger partial charge in [-0.15, -0.1) is 0 Å². The standard InChI is InChI=1S/C31H38BrN3O5S/c1-6-23(4)33-31(37)24(5)34(20-25-11-10-12-26(32)19-25)30(36)21-35(28-13-8-9-14-29(28)40-7-2)41(38,39)27-17-15-22(3)16-18-27/h8-19,23-24H,6-7,20-21H2,1-5H3,(H,33,37)/t23-,24+/m1/s1. The van der Waals surface area contributed by atoms with Crippen molar-refractivity contribution < 1.29 is 22.7 Å². The van der Waals surface area contributed by atoms with E-state index in [1.807, 2.05) is 45.0 Å². The summed E-state index contributed by atoms with van der Waals surface area (Å²) in [5, 5.41) is 2.94. The Morgan fingerprint density at radius 2 is 1.66 bits per heavy atom. The number of nitrogens with zero attached hydrogens (tertiary/aromatic N) is 2. The molecule has 8 nitrogen and oxygen atoms in total. The number of hydrogen-bond donors (Lipinski definition) is 1. The molecule has 0 bridgehead atoms. The maximum Gasteiger partial charge on any atom is 0.264 e. The monoisotopic (exact) mass is 643 g/mol. The van der Waals surface area contributed by atoms with Crippen molar-refractivity contribution in [3.63, 3.8) is 0 Å². The largest absolute Gasteiger partial charge is 0.492 e. The molecule has 3 aromatic rings. The summed E-state index contributed by atoms with van der Waals surface area (Å²) in [7, 11) is -4.19. The zero-order valence-corrected chi connectivity index (χ0v) is 26.5. The quantitative estimate of drug-likeness (QED) is 0.258. The van der Waals surface area contributed by atoms with Crippen molar-refractivity contribution in [1.29, 1.82) is 0 Å². The van der Waals surface area contributed by atoms with Gasteiger partial charge in [-0.1, -0.05) is 64.8 Å². The number of carbonyl (C=O) groups is 2. The average molecular weight is 645 g/mol. The smallest absolute Gasteiger partial charge is 0.264 e. The molecule has 3 aromatic carbocycles. The number of benzene rings is 3. The van der Waals surface area contributed by atoms with Crippen molar-refractivity contribution in [3.05, 3.63) is 88.4 Å². The summed E-state index contributed by atoms with van der Waals surface area (Å²) in [5.74, 6) is -0.510. The molecular weight excluding hydrogens is 606 g/mol. The lowest BCUT2D eigenvalue weighted by atomic mass is 10.1. The minimum absolute atomic E-state index is 0.0447. The van der Waals surface area contributed by atoms with Crippen molar-refractivity contribution in [2.24, 2.45) is 0 Å². The van der Waals surface area contributed by atoms with Crippen LogP contribution in [0.4, 0.5) is 5.69 Å².